The largest absolute Gasteiger partial charge is 0.494 e. The molecule has 0 aliphatic heterocycles. The van der Waals surface area contributed by atoms with Crippen molar-refractivity contribution in [2.45, 2.75) is 83.2 Å². The first-order chi connectivity index (χ1) is 24.5. The van der Waals surface area contributed by atoms with Crippen LogP contribution in [0.2, 0.25) is 0 Å². The summed E-state index contributed by atoms with van der Waals surface area (Å²) in [6.07, 6.45) is 7.33. The molecule has 0 heterocycles. The number of rotatable bonds is 22. The molecule has 51 heavy (non-hydrogen) atoms. The molecular weight excluding hydrogens is 665 g/mol. The molecule has 276 valence electrons. The standard InChI is InChI=1S/C39H47F3N2O7/c40-39(41,42)22-8-11-23-48-34-19-15-30(16-20-34)38(47)51-35-17-12-29(13-18-35)14-21-36(45)49-24-9-6-4-2-1-3-5-7-10-25-50-37(46)31-26-32(43)28-33(44)27-31/h12-21,26-28H,1-11,22-25,43-44H2/b21-14+. The fraction of sp³-hybridized carbons (Fsp3) is 0.410. The molecule has 0 radical (unpaired) electrons. The number of esters is 3. The van der Waals surface area contributed by atoms with E-state index >= 15 is 0 Å². The highest BCUT2D eigenvalue weighted by atomic mass is 19.4. The zero-order valence-corrected chi connectivity index (χ0v) is 28.8. The molecule has 4 N–H and O–H groups in total. The van der Waals surface area contributed by atoms with Gasteiger partial charge in [0.15, 0.2) is 0 Å². The maximum Gasteiger partial charge on any atom is 0.389 e. The lowest BCUT2D eigenvalue weighted by Gasteiger charge is -2.09. The number of nitrogen functional groups attached to an aromatic ring is 2. The maximum absolute atomic E-state index is 12.5. The van der Waals surface area contributed by atoms with Crippen LogP contribution in [-0.4, -0.2) is 43.9 Å². The maximum atomic E-state index is 12.5. The van der Waals surface area contributed by atoms with Gasteiger partial charge in [-0.15, -0.1) is 0 Å². The molecule has 0 bridgehead atoms. The number of carbonyl (C=O) groups excluding carboxylic acids is 3. The number of hydrogen-bond acceptors (Lipinski definition) is 9. The molecule has 0 saturated carbocycles. The molecule has 3 aromatic rings. The Morgan fingerprint density at radius 2 is 1.12 bits per heavy atom. The number of halogens is 3. The van der Waals surface area contributed by atoms with Crippen LogP contribution in [0, 0.1) is 0 Å². The van der Waals surface area contributed by atoms with Crippen molar-refractivity contribution in [2.24, 2.45) is 0 Å². The van der Waals surface area contributed by atoms with Crippen molar-refractivity contribution in [3.63, 3.8) is 0 Å². The monoisotopic (exact) mass is 712 g/mol. The van der Waals surface area contributed by atoms with Crippen LogP contribution in [-0.2, 0) is 14.3 Å². The molecule has 0 aliphatic rings. The predicted octanol–water partition coefficient (Wildman–Crippen LogP) is 9.11. The Balaban J connectivity index is 1.18. The van der Waals surface area contributed by atoms with Crippen molar-refractivity contribution >= 4 is 35.4 Å². The van der Waals surface area contributed by atoms with E-state index in [1.807, 2.05) is 0 Å². The summed E-state index contributed by atoms with van der Waals surface area (Å²) in [7, 11) is 0. The van der Waals surface area contributed by atoms with Crippen molar-refractivity contribution in [1.29, 1.82) is 0 Å². The Kier molecular flexibility index (Phi) is 17.4. The van der Waals surface area contributed by atoms with E-state index in [9.17, 15) is 27.6 Å². The normalized spacial score (nSPS) is 11.4. The third-order valence-electron chi connectivity index (χ3n) is 7.70. The molecule has 12 heteroatoms. The van der Waals surface area contributed by atoms with Gasteiger partial charge in [-0.3, -0.25) is 0 Å². The van der Waals surface area contributed by atoms with Gasteiger partial charge in [0.1, 0.15) is 11.5 Å². The quantitative estimate of drug-likeness (QED) is 0.0343. The van der Waals surface area contributed by atoms with Crippen molar-refractivity contribution in [3.8, 4) is 11.5 Å². The summed E-state index contributed by atoms with van der Waals surface area (Å²) in [5, 5.41) is 0. The molecule has 0 aromatic heterocycles. The summed E-state index contributed by atoms with van der Waals surface area (Å²) in [5.74, 6) is -0.645. The third-order valence-corrected chi connectivity index (χ3v) is 7.70. The van der Waals surface area contributed by atoms with Crippen molar-refractivity contribution in [1.82, 2.24) is 0 Å². The highest BCUT2D eigenvalue weighted by Crippen LogP contribution is 2.23. The number of nitrogens with two attached hydrogens (primary N) is 2. The van der Waals surface area contributed by atoms with Crippen LogP contribution in [0.5, 0.6) is 11.5 Å². The summed E-state index contributed by atoms with van der Waals surface area (Å²) in [6.45, 7) is 0.873. The first-order valence-corrected chi connectivity index (χ1v) is 17.3. The van der Waals surface area contributed by atoms with E-state index in [0.29, 0.717) is 47.2 Å². The van der Waals surface area contributed by atoms with Gasteiger partial charge in [-0.25, -0.2) is 14.4 Å². The number of ether oxygens (including phenoxy) is 4. The first-order valence-electron chi connectivity index (χ1n) is 17.3. The Morgan fingerprint density at radius 1 is 0.588 bits per heavy atom. The molecule has 0 unspecified atom stereocenters. The molecule has 3 aromatic carbocycles. The van der Waals surface area contributed by atoms with Crippen LogP contribution in [0.15, 0.2) is 72.8 Å². The van der Waals surface area contributed by atoms with Crippen LogP contribution in [0.3, 0.4) is 0 Å². The van der Waals surface area contributed by atoms with Gasteiger partial charge in [0.2, 0.25) is 0 Å². The second-order valence-electron chi connectivity index (χ2n) is 12.1. The predicted molar refractivity (Wildman–Crippen MR) is 190 cm³/mol. The van der Waals surface area contributed by atoms with Gasteiger partial charge in [0.25, 0.3) is 0 Å². The minimum Gasteiger partial charge on any atom is -0.494 e. The lowest BCUT2D eigenvalue weighted by atomic mass is 10.1. The molecule has 0 aliphatic carbocycles. The van der Waals surface area contributed by atoms with Crippen LogP contribution in [0.1, 0.15) is 103 Å². The van der Waals surface area contributed by atoms with Gasteiger partial charge >= 0.3 is 24.1 Å². The summed E-state index contributed by atoms with van der Waals surface area (Å²) in [6, 6.07) is 17.5. The highest BCUT2D eigenvalue weighted by Gasteiger charge is 2.25. The Hall–Kier alpha value is -5.00. The zero-order valence-electron chi connectivity index (χ0n) is 28.8. The van der Waals surface area contributed by atoms with E-state index in [1.54, 1.807) is 60.7 Å². The number of hydrogen-bond donors (Lipinski definition) is 2. The second-order valence-corrected chi connectivity index (χ2v) is 12.1. The molecule has 0 spiro atoms. The molecule has 0 amide bonds. The van der Waals surface area contributed by atoms with Crippen molar-refractivity contribution in [2.75, 3.05) is 31.3 Å². The molecule has 3 rings (SSSR count). The minimum atomic E-state index is -4.17. The Labute approximate surface area is 297 Å². The second kappa shape index (κ2) is 22.0. The number of unbranched alkanes of at least 4 members (excludes halogenated alkanes) is 9. The van der Waals surface area contributed by atoms with Gasteiger partial charge in [0, 0.05) is 23.9 Å². The summed E-state index contributed by atoms with van der Waals surface area (Å²) in [5.41, 5.74) is 13.7. The Morgan fingerprint density at radius 3 is 1.71 bits per heavy atom. The van der Waals surface area contributed by atoms with E-state index in [1.165, 1.54) is 18.2 Å². The molecule has 9 nitrogen and oxygen atoms in total. The number of anilines is 2. The topological polar surface area (TPSA) is 140 Å². The van der Waals surface area contributed by atoms with E-state index in [-0.39, 0.29) is 19.4 Å². The van der Waals surface area contributed by atoms with E-state index in [4.69, 9.17) is 30.4 Å². The minimum absolute atomic E-state index is 0.00710. The van der Waals surface area contributed by atoms with Crippen LogP contribution in [0.4, 0.5) is 24.5 Å². The van der Waals surface area contributed by atoms with Crippen molar-refractivity contribution in [3.05, 3.63) is 89.5 Å². The zero-order chi connectivity index (χ0) is 36.9. The van der Waals surface area contributed by atoms with E-state index in [2.05, 4.69) is 0 Å². The number of alkyl halides is 3. The van der Waals surface area contributed by atoms with Crippen LogP contribution >= 0.6 is 0 Å². The molecule has 0 fully saturated rings. The molecular formula is C39H47F3N2O7. The summed E-state index contributed by atoms with van der Waals surface area (Å²) in [4.78, 5) is 36.7. The average molecular weight is 713 g/mol. The van der Waals surface area contributed by atoms with Gasteiger partial charge in [-0.1, -0.05) is 57.1 Å². The van der Waals surface area contributed by atoms with Gasteiger partial charge in [-0.2, -0.15) is 13.2 Å². The Bertz CT molecular complexity index is 1520. The van der Waals surface area contributed by atoms with Gasteiger partial charge in [-0.05, 0) is 91.9 Å². The lowest BCUT2D eigenvalue weighted by molar-refractivity contribution is -0.138. The van der Waals surface area contributed by atoms with Crippen molar-refractivity contribution < 1.29 is 46.5 Å². The number of benzene rings is 3. The SMILES string of the molecule is Nc1cc(N)cc(C(=O)OCCCCCCCCCCCOC(=O)/C=C/c2ccc(OC(=O)c3ccc(OCCCCC(F)(F)F)cc3)cc2)c1. The fourth-order valence-electron chi connectivity index (χ4n) is 4.99. The van der Waals surface area contributed by atoms with E-state index in [0.717, 1.165) is 63.4 Å². The summed E-state index contributed by atoms with van der Waals surface area (Å²) < 4.78 is 58.0. The fourth-order valence-corrected chi connectivity index (χ4v) is 4.99. The number of carbonyl (C=O) groups is 3. The van der Waals surface area contributed by atoms with E-state index < -0.39 is 30.5 Å². The van der Waals surface area contributed by atoms with Gasteiger partial charge in [0.05, 0.1) is 30.9 Å². The smallest absolute Gasteiger partial charge is 0.389 e. The molecule has 0 atom stereocenters. The summed E-state index contributed by atoms with van der Waals surface area (Å²) >= 11 is 0. The molecule has 0 saturated heterocycles. The van der Waals surface area contributed by atoms with Crippen LogP contribution in [0.25, 0.3) is 6.08 Å². The van der Waals surface area contributed by atoms with Crippen LogP contribution < -0.4 is 20.9 Å². The lowest BCUT2D eigenvalue weighted by Crippen LogP contribution is -2.09. The first kappa shape index (κ1) is 40.4. The third kappa shape index (κ3) is 17.5. The van der Waals surface area contributed by atoms with Gasteiger partial charge < -0.3 is 30.4 Å². The highest BCUT2D eigenvalue weighted by molar-refractivity contribution is 5.92. The average Bonchev–Trinajstić information content (AvgIpc) is 3.09.